The molecule has 0 saturated heterocycles. The lowest BCUT2D eigenvalue weighted by Gasteiger charge is -2.36. The van der Waals surface area contributed by atoms with Crippen molar-refractivity contribution < 1.29 is 0 Å². The molecule has 2 N–H and O–H groups in total. The SMILES string of the molecule is CN(c1ncc2ccccc2n1)C1CCCCC1N. The standard InChI is InChI=1S/C15H20N4/c1-19(14-9-5-3-7-12(14)16)15-17-10-11-6-2-4-8-13(11)18-15/h2,4,6,8,10,12,14H,3,5,7,9,16H2,1H3. The minimum atomic E-state index is 0.230. The summed E-state index contributed by atoms with van der Waals surface area (Å²) in [7, 11) is 2.06. The van der Waals surface area contributed by atoms with E-state index in [-0.39, 0.29) is 6.04 Å². The van der Waals surface area contributed by atoms with Crippen LogP contribution in [0, 0.1) is 0 Å². The number of aromatic nitrogens is 2. The fraction of sp³-hybridized carbons (Fsp3) is 0.467. The summed E-state index contributed by atoms with van der Waals surface area (Å²) in [6.45, 7) is 0. The highest BCUT2D eigenvalue weighted by molar-refractivity contribution is 5.78. The van der Waals surface area contributed by atoms with E-state index < -0.39 is 0 Å². The van der Waals surface area contributed by atoms with Gasteiger partial charge < -0.3 is 10.6 Å². The molecule has 100 valence electrons. The summed E-state index contributed by atoms with van der Waals surface area (Å²) in [5, 5.41) is 1.08. The highest BCUT2D eigenvalue weighted by atomic mass is 15.3. The Morgan fingerprint density at radius 3 is 2.84 bits per heavy atom. The van der Waals surface area contributed by atoms with Crippen LogP contribution in [0.25, 0.3) is 10.9 Å². The predicted octanol–water partition coefficient (Wildman–Crippen LogP) is 2.34. The van der Waals surface area contributed by atoms with Gasteiger partial charge in [-0.3, -0.25) is 0 Å². The number of anilines is 1. The Hall–Kier alpha value is -1.68. The second-order valence-corrected chi connectivity index (χ2v) is 5.36. The summed E-state index contributed by atoms with van der Waals surface area (Å²) >= 11 is 0. The fourth-order valence-corrected chi connectivity index (χ4v) is 2.90. The predicted molar refractivity (Wildman–Crippen MR) is 78.2 cm³/mol. The third-order valence-electron chi connectivity index (χ3n) is 4.07. The molecule has 2 atom stereocenters. The van der Waals surface area contributed by atoms with Gasteiger partial charge in [-0.2, -0.15) is 0 Å². The van der Waals surface area contributed by atoms with E-state index in [1.165, 1.54) is 12.8 Å². The Morgan fingerprint density at radius 2 is 2.00 bits per heavy atom. The molecule has 1 aromatic carbocycles. The van der Waals surface area contributed by atoms with Crippen LogP contribution >= 0.6 is 0 Å². The summed E-state index contributed by atoms with van der Waals surface area (Å²) in [4.78, 5) is 11.3. The van der Waals surface area contributed by atoms with Crippen LogP contribution in [-0.2, 0) is 0 Å². The van der Waals surface area contributed by atoms with Crippen LogP contribution in [0.4, 0.5) is 5.95 Å². The van der Waals surface area contributed by atoms with Gasteiger partial charge in [-0.05, 0) is 18.9 Å². The Balaban J connectivity index is 1.90. The number of hydrogen-bond donors (Lipinski definition) is 1. The molecule has 4 nitrogen and oxygen atoms in total. The largest absolute Gasteiger partial charge is 0.339 e. The quantitative estimate of drug-likeness (QED) is 0.896. The Kier molecular flexibility index (Phi) is 3.34. The van der Waals surface area contributed by atoms with E-state index in [0.717, 1.165) is 29.7 Å². The van der Waals surface area contributed by atoms with Crippen molar-refractivity contribution >= 4 is 16.9 Å². The molecule has 0 spiro atoms. The number of hydrogen-bond acceptors (Lipinski definition) is 4. The van der Waals surface area contributed by atoms with Crippen molar-refractivity contribution in [2.24, 2.45) is 5.73 Å². The zero-order chi connectivity index (χ0) is 13.2. The van der Waals surface area contributed by atoms with Crippen molar-refractivity contribution in [1.29, 1.82) is 0 Å². The Bertz CT molecular complexity index is 569. The molecule has 3 rings (SSSR count). The summed E-state index contributed by atoms with van der Waals surface area (Å²) in [6.07, 6.45) is 6.61. The van der Waals surface area contributed by atoms with Gasteiger partial charge in [0, 0.05) is 30.7 Å². The lowest BCUT2D eigenvalue weighted by molar-refractivity contribution is 0.371. The van der Waals surface area contributed by atoms with E-state index in [1.54, 1.807) is 0 Å². The van der Waals surface area contributed by atoms with E-state index >= 15 is 0 Å². The molecule has 1 saturated carbocycles. The first kappa shape index (κ1) is 12.4. The molecule has 1 aliphatic carbocycles. The van der Waals surface area contributed by atoms with Crippen molar-refractivity contribution in [3.05, 3.63) is 30.5 Å². The van der Waals surface area contributed by atoms with Crippen LogP contribution in [0.15, 0.2) is 30.5 Å². The van der Waals surface area contributed by atoms with Gasteiger partial charge in [0.1, 0.15) is 0 Å². The number of rotatable bonds is 2. The van der Waals surface area contributed by atoms with Gasteiger partial charge >= 0.3 is 0 Å². The van der Waals surface area contributed by atoms with Gasteiger partial charge in [0.2, 0.25) is 5.95 Å². The van der Waals surface area contributed by atoms with Crippen LogP contribution in [-0.4, -0.2) is 29.1 Å². The monoisotopic (exact) mass is 256 g/mol. The molecule has 2 unspecified atom stereocenters. The van der Waals surface area contributed by atoms with Gasteiger partial charge in [-0.15, -0.1) is 0 Å². The van der Waals surface area contributed by atoms with Crippen molar-refractivity contribution in [3.63, 3.8) is 0 Å². The van der Waals surface area contributed by atoms with Crippen LogP contribution in [0.3, 0.4) is 0 Å². The van der Waals surface area contributed by atoms with E-state index in [2.05, 4.69) is 21.9 Å². The molecule has 2 aromatic rings. The van der Waals surface area contributed by atoms with Crippen LogP contribution in [0.1, 0.15) is 25.7 Å². The molecular formula is C15H20N4. The summed E-state index contributed by atoms with van der Waals surface area (Å²) in [5.74, 6) is 0.779. The lowest BCUT2D eigenvalue weighted by Crippen LogP contribution is -2.48. The highest BCUT2D eigenvalue weighted by Crippen LogP contribution is 2.24. The number of likely N-dealkylation sites (N-methyl/N-ethyl adjacent to an activating group) is 1. The number of nitrogens with two attached hydrogens (primary N) is 1. The summed E-state index contributed by atoms with van der Waals surface area (Å²) < 4.78 is 0. The average molecular weight is 256 g/mol. The van der Waals surface area contributed by atoms with Gasteiger partial charge in [0.05, 0.1) is 5.52 Å². The lowest BCUT2D eigenvalue weighted by atomic mass is 9.90. The third kappa shape index (κ3) is 2.40. The summed E-state index contributed by atoms with van der Waals surface area (Å²) in [5.41, 5.74) is 7.22. The molecule has 0 amide bonds. The maximum Gasteiger partial charge on any atom is 0.225 e. The van der Waals surface area contributed by atoms with Gasteiger partial charge in [-0.1, -0.05) is 31.0 Å². The average Bonchev–Trinajstić information content (AvgIpc) is 2.46. The second kappa shape index (κ2) is 5.13. The molecular weight excluding hydrogens is 236 g/mol. The Labute approximate surface area is 113 Å². The molecule has 0 aliphatic heterocycles. The molecule has 4 heteroatoms. The van der Waals surface area contributed by atoms with E-state index in [9.17, 15) is 0 Å². The highest BCUT2D eigenvalue weighted by Gasteiger charge is 2.26. The molecule has 1 heterocycles. The van der Waals surface area contributed by atoms with Crippen molar-refractivity contribution in [3.8, 4) is 0 Å². The van der Waals surface area contributed by atoms with Crippen molar-refractivity contribution in [2.45, 2.75) is 37.8 Å². The minimum absolute atomic E-state index is 0.230. The van der Waals surface area contributed by atoms with E-state index in [4.69, 9.17) is 5.73 Å². The first-order chi connectivity index (χ1) is 9.25. The van der Waals surface area contributed by atoms with Gasteiger partial charge in [-0.25, -0.2) is 9.97 Å². The maximum absolute atomic E-state index is 6.23. The number of nitrogens with zero attached hydrogens (tertiary/aromatic N) is 3. The maximum atomic E-state index is 6.23. The molecule has 1 fully saturated rings. The smallest absolute Gasteiger partial charge is 0.225 e. The van der Waals surface area contributed by atoms with Crippen molar-refractivity contribution in [1.82, 2.24) is 9.97 Å². The summed E-state index contributed by atoms with van der Waals surface area (Å²) in [6, 6.07) is 8.65. The van der Waals surface area contributed by atoms with Crippen LogP contribution in [0.5, 0.6) is 0 Å². The molecule has 0 bridgehead atoms. The molecule has 1 aromatic heterocycles. The van der Waals surface area contributed by atoms with Crippen LogP contribution in [0.2, 0.25) is 0 Å². The third-order valence-corrected chi connectivity index (χ3v) is 4.07. The Morgan fingerprint density at radius 1 is 1.21 bits per heavy atom. The molecule has 19 heavy (non-hydrogen) atoms. The van der Waals surface area contributed by atoms with Gasteiger partial charge in [0.25, 0.3) is 0 Å². The number of para-hydroxylation sites is 1. The first-order valence-electron chi connectivity index (χ1n) is 6.96. The van der Waals surface area contributed by atoms with E-state index in [0.29, 0.717) is 6.04 Å². The van der Waals surface area contributed by atoms with E-state index in [1.807, 2.05) is 30.5 Å². The minimum Gasteiger partial charge on any atom is -0.339 e. The van der Waals surface area contributed by atoms with Gasteiger partial charge in [0.15, 0.2) is 0 Å². The van der Waals surface area contributed by atoms with Crippen molar-refractivity contribution in [2.75, 3.05) is 11.9 Å². The second-order valence-electron chi connectivity index (χ2n) is 5.36. The zero-order valence-corrected chi connectivity index (χ0v) is 11.3. The first-order valence-corrected chi connectivity index (χ1v) is 6.96. The number of fused-ring (bicyclic) bond motifs is 1. The molecule has 0 radical (unpaired) electrons. The fourth-order valence-electron chi connectivity index (χ4n) is 2.90. The number of benzene rings is 1. The normalized spacial score (nSPS) is 23.5. The van der Waals surface area contributed by atoms with Crippen LogP contribution < -0.4 is 10.6 Å². The zero-order valence-electron chi connectivity index (χ0n) is 11.3. The molecule has 1 aliphatic rings. The topological polar surface area (TPSA) is 55.0 Å².